The van der Waals surface area contributed by atoms with Crippen LogP contribution in [0.15, 0.2) is 133 Å². The zero-order valence-corrected chi connectivity index (χ0v) is 23.6. The van der Waals surface area contributed by atoms with Crippen molar-refractivity contribution in [1.29, 1.82) is 0 Å². The molecule has 9 rings (SSSR count). The summed E-state index contributed by atoms with van der Waals surface area (Å²) < 4.78 is 0. The van der Waals surface area contributed by atoms with Crippen molar-refractivity contribution in [2.75, 3.05) is 0 Å². The number of nitrogens with zero attached hydrogens (tertiary/aromatic N) is 2. The molecule has 0 saturated carbocycles. The molecule has 4 nitrogen and oxygen atoms in total. The topological polar surface area (TPSA) is 66.2 Å². The van der Waals surface area contributed by atoms with Gasteiger partial charge >= 0.3 is 0 Å². The summed E-state index contributed by atoms with van der Waals surface area (Å²) in [6, 6.07) is 45.1. The molecule has 0 aliphatic heterocycles. The zero-order valence-electron chi connectivity index (χ0n) is 23.6. The number of pyridine rings is 2. The lowest BCUT2D eigenvalue weighted by molar-refractivity contribution is 0.0159. The molecule has 1 aliphatic carbocycles. The van der Waals surface area contributed by atoms with Crippen molar-refractivity contribution in [1.82, 2.24) is 9.97 Å². The van der Waals surface area contributed by atoms with Crippen LogP contribution in [-0.2, 0) is 0 Å². The van der Waals surface area contributed by atoms with E-state index in [0.717, 1.165) is 77.0 Å². The molecule has 0 spiro atoms. The van der Waals surface area contributed by atoms with Crippen LogP contribution in [0.5, 0.6) is 0 Å². The summed E-state index contributed by atoms with van der Waals surface area (Å²) in [5.41, 5.74) is 11.1. The van der Waals surface area contributed by atoms with Gasteiger partial charge in [0.15, 0.2) is 0 Å². The number of hydrogen-bond donors (Lipinski definition) is 2. The summed E-state index contributed by atoms with van der Waals surface area (Å²) in [7, 11) is 0. The van der Waals surface area contributed by atoms with Gasteiger partial charge in [0.2, 0.25) is 0 Å². The number of aliphatic hydroxyl groups is 2. The number of aliphatic hydroxyl groups excluding tert-OH is 2. The first-order chi connectivity index (χ1) is 21.7. The highest BCUT2D eigenvalue weighted by molar-refractivity contribution is 6.16. The molecule has 0 unspecified atom stereocenters. The van der Waals surface area contributed by atoms with Gasteiger partial charge < -0.3 is 10.2 Å². The van der Waals surface area contributed by atoms with Crippen LogP contribution >= 0.6 is 0 Å². The van der Waals surface area contributed by atoms with Gasteiger partial charge in [-0.15, -0.1) is 0 Å². The van der Waals surface area contributed by atoms with Crippen molar-refractivity contribution in [2.24, 2.45) is 0 Å². The maximum atomic E-state index is 11.6. The second kappa shape index (κ2) is 9.55. The van der Waals surface area contributed by atoms with Gasteiger partial charge in [-0.25, -0.2) is 9.97 Å². The van der Waals surface area contributed by atoms with Gasteiger partial charge in [-0.1, -0.05) is 109 Å². The number of aromatic nitrogens is 2. The summed E-state index contributed by atoms with van der Waals surface area (Å²) in [5.74, 6) is 0. The van der Waals surface area contributed by atoms with Crippen molar-refractivity contribution in [3.63, 3.8) is 0 Å². The smallest absolute Gasteiger partial charge is 0.110 e. The van der Waals surface area contributed by atoms with Crippen LogP contribution < -0.4 is 0 Å². The molecule has 2 heterocycles. The van der Waals surface area contributed by atoms with E-state index in [0.29, 0.717) is 11.1 Å². The van der Waals surface area contributed by atoms with Crippen LogP contribution in [0, 0.1) is 0 Å². The van der Waals surface area contributed by atoms with Crippen molar-refractivity contribution in [3.05, 3.63) is 145 Å². The zero-order chi connectivity index (χ0) is 29.4. The van der Waals surface area contributed by atoms with Crippen LogP contribution in [0.1, 0.15) is 23.3 Å². The Kier molecular flexibility index (Phi) is 5.45. The van der Waals surface area contributed by atoms with Gasteiger partial charge in [-0.3, -0.25) is 0 Å². The standard InChI is InChI=1S/C40H26N2O2/c43-39-29-17-9-15-27(35-23-11-1-5-19-31(23)41-32-20-6-2-12-24(32)35)37(29)38-28(16-10-18-30(38)40(39)44)36-25-13-3-7-21-33(25)42-34-22-8-4-14-26(34)36/h1-22,39-40,43-44H/t39-,40-/m0/s1. The quantitative estimate of drug-likeness (QED) is 0.205. The lowest BCUT2D eigenvalue weighted by atomic mass is 9.74. The first kappa shape index (κ1) is 25.1. The normalized spacial score (nSPS) is 16.0. The van der Waals surface area contributed by atoms with E-state index >= 15 is 0 Å². The largest absolute Gasteiger partial charge is 0.385 e. The van der Waals surface area contributed by atoms with E-state index in [4.69, 9.17) is 9.97 Å². The van der Waals surface area contributed by atoms with E-state index in [9.17, 15) is 10.2 Å². The molecule has 0 amide bonds. The molecule has 6 aromatic carbocycles. The van der Waals surface area contributed by atoms with Crippen LogP contribution in [-0.4, -0.2) is 20.2 Å². The van der Waals surface area contributed by atoms with Crippen LogP contribution in [0.25, 0.3) is 77.0 Å². The predicted molar refractivity (Wildman–Crippen MR) is 178 cm³/mol. The number of hydrogen-bond acceptors (Lipinski definition) is 4. The van der Waals surface area contributed by atoms with Crippen LogP contribution in [0.2, 0.25) is 0 Å². The van der Waals surface area contributed by atoms with E-state index in [1.807, 2.05) is 97.1 Å². The molecule has 8 aromatic rings. The monoisotopic (exact) mass is 566 g/mol. The first-order valence-electron chi connectivity index (χ1n) is 14.9. The number of rotatable bonds is 2. The second-order valence-electron chi connectivity index (χ2n) is 11.5. The molecule has 2 N–H and O–H groups in total. The van der Waals surface area contributed by atoms with E-state index < -0.39 is 12.2 Å². The second-order valence-corrected chi connectivity index (χ2v) is 11.5. The van der Waals surface area contributed by atoms with Crippen molar-refractivity contribution >= 4 is 43.6 Å². The molecular formula is C40H26N2O2. The molecule has 44 heavy (non-hydrogen) atoms. The fraction of sp³-hybridized carbons (Fsp3) is 0.0500. The van der Waals surface area contributed by atoms with Gasteiger partial charge in [0.25, 0.3) is 0 Å². The van der Waals surface area contributed by atoms with Gasteiger partial charge in [0.1, 0.15) is 12.2 Å². The summed E-state index contributed by atoms with van der Waals surface area (Å²) in [4.78, 5) is 9.97. The number of para-hydroxylation sites is 4. The molecule has 0 fully saturated rings. The van der Waals surface area contributed by atoms with E-state index in [1.165, 1.54) is 0 Å². The predicted octanol–water partition coefficient (Wildman–Crippen LogP) is 9.17. The molecule has 2 aromatic heterocycles. The average molecular weight is 567 g/mol. The van der Waals surface area contributed by atoms with Crippen molar-refractivity contribution in [2.45, 2.75) is 12.2 Å². The summed E-state index contributed by atoms with van der Waals surface area (Å²) in [5, 5.41) is 27.4. The van der Waals surface area contributed by atoms with Gasteiger partial charge in [0.05, 0.1) is 22.1 Å². The fourth-order valence-electron chi connectivity index (χ4n) is 7.21. The summed E-state index contributed by atoms with van der Waals surface area (Å²) in [6.45, 7) is 0. The molecule has 1 aliphatic rings. The Hall–Kier alpha value is -5.42. The summed E-state index contributed by atoms with van der Waals surface area (Å²) in [6.07, 6.45) is -2.14. The third-order valence-corrected chi connectivity index (χ3v) is 9.09. The molecule has 2 atom stereocenters. The summed E-state index contributed by atoms with van der Waals surface area (Å²) >= 11 is 0. The number of fused-ring (bicyclic) bond motifs is 7. The highest BCUT2D eigenvalue weighted by Crippen LogP contribution is 2.54. The minimum absolute atomic E-state index is 0.711. The molecule has 0 radical (unpaired) electrons. The van der Waals surface area contributed by atoms with E-state index in [1.54, 1.807) is 0 Å². The van der Waals surface area contributed by atoms with E-state index in [-0.39, 0.29) is 0 Å². The van der Waals surface area contributed by atoms with Crippen LogP contribution in [0.4, 0.5) is 0 Å². The maximum absolute atomic E-state index is 11.6. The van der Waals surface area contributed by atoms with Crippen LogP contribution in [0.3, 0.4) is 0 Å². The maximum Gasteiger partial charge on any atom is 0.110 e. The van der Waals surface area contributed by atoms with E-state index in [2.05, 4.69) is 36.4 Å². The Labute approximate surface area is 253 Å². The fourth-order valence-corrected chi connectivity index (χ4v) is 7.21. The Morgan fingerprint density at radius 1 is 0.341 bits per heavy atom. The lowest BCUT2D eigenvalue weighted by Gasteiger charge is -2.33. The third kappa shape index (κ3) is 3.53. The lowest BCUT2D eigenvalue weighted by Crippen LogP contribution is -2.18. The van der Waals surface area contributed by atoms with Gasteiger partial charge in [-0.2, -0.15) is 0 Å². The highest BCUT2D eigenvalue weighted by Gasteiger charge is 2.35. The minimum atomic E-state index is -1.07. The van der Waals surface area contributed by atoms with Gasteiger partial charge in [-0.05, 0) is 57.6 Å². The first-order valence-corrected chi connectivity index (χ1v) is 14.9. The van der Waals surface area contributed by atoms with Gasteiger partial charge in [0, 0.05) is 32.7 Å². The highest BCUT2D eigenvalue weighted by atomic mass is 16.3. The Morgan fingerprint density at radius 2 is 0.659 bits per heavy atom. The Bertz CT molecular complexity index is 2170. The SMILES string of the molecule is O[C@H]1c2cccc(-c3c4ccccc4nc4ccccc34)c2-c2c(-c3c4ccccc4nc4ccccc34)cccc2[C@@H]1O. The Morgan fingerprint density at radius 3 is 1.00 bits per heavy atom. The Balaban J connectivity index is 1.47. The molecule has 208 valence electrons. The average Bonchev–Trinajstić information content (AvgIpc) is 3.08. The molecular weight excluding hydrogens is 540 g/mol. The van der Waals surface area contributed by atoms with Crippen molar-refractivity contribution < 1.29 is 10.2 Å². The molecule has 0 saturated heterocycles. The number of benzene rings is 6. The van der Waals surface area contributed by atoms with Crippen molar-refractivity contribution in [3.8, 4) is 33.4 Å². The molecule has 4 heteroatoms. The third-order valence-electron chi connectivity index (χ3n) is 9.09. The minimum Gasteiger partial charge on any atom is -0.385 e. The molecule has 0 bridgehead atoms.